The van der Waals surface area contributed by atoms with Crippen LogP contribution >= 0.6 is 0 Å². The van der Waals surface area contributed by atoms with E-state index in [-0.39, 0.29) is 24.3 Å². The standard InChI is InChI=1S/C24H22N4O5/c1-14(29)19-3-2-10-28(19)22-12-18(23(25)30)26-24(27-22)15-4-6-16(7-5-15)33-17-8-9-20-21(11-17)32-13-31-20/h4-9,11-12,19H,2-3,10,13H2,1H3,(H2,25,30)/t19-/m0/s1. The van der Waals surface area contributed by atoms with Crippen LogP contribution in [-0.4, -0.2) is 41.0 Å². The van der Waals surface area contributed by atoms with Crippen molar-refractivity contribution >= 4 is 17.5 Å². The lowest BCUT2D eigenvalue weighted by Gasteiger charge is -2.24. The average molecular weight is 446 g/mol. The molecule has 0 spiro atoms. The van der Waals surface area contributed by atoms with Gasteiger partial charge in [0, 0.05) is 24.2 Å². The van der Waals surface area contributed by atoms with Crippen molar-refractivity contribution in [3.63, 3.8) is 0 Å². The molecule has 2 aliphatic heterocycles. The topological polar surface area (TPSA) is 117 Å². The Bertz CT molecular complexity index is 1230. The highest BCUT2D eigenvalue weighted by Crippen LogP contribution is 2.37. The Labute approximate surface area is 190 Å². The molecule has 168 valence electrons. The van der Waals surface area contributed by atoms with Crippen LogP contribution in [0.2, 0.25) is 0 Å². The molecule has 9 nitrogen and oxygen atoms in total. The number of nitrogens with zero attached hydrogens (tertiary/aromatic N) is 3. The zero-order valence-corrected chi connectivity index (χ0v) is 18.0. The van der Waals surface area contributed by atoms with Crippen molar-refractivity contribution in [1.29, 1.82) is 0 Å². The van der Waals surface area contributed by atoms with E-state index in [1.807, 2.05) is 4.90 Å². The molecule has 0 saturated carbocycles. The fourth-order valence-electron chi connectivity index (χ4n) is 4.05. The number of hydrogen-bond acceptors (Lipinski definition) is 8. The lowest BCUT2D eigenvalue weighted by Crippen LogP contribution is -2.35. The van der Waals surface area contributed by atoms with Gasteiger partial charge in [-0.25, -0.2) is 9.97 Å². The summed E-state index contributed by atoms with van der Waals surface area (Å²) in [5.41, 5.74) is 6.31. The number of aromatic nitrogens is 2. The van der Waals surface area contributed by atoms with Gasteiger partial charge in [0.15, 0.2) is 23.1 Å². The van der Waals surface area contributed by atoms with Crippen LogP contribution in [0.15, 0.2) is 48.5 Å². The molecule has 2 aromatic carbocycles. The Kier molecular flexibility index (Phi) is 5.29. The third-order valence-electron chi connectivity index (χ3n) is 5.67. The number of primary amides is 1. The molecule has 2 N–H and O–H groups in total. The molecule has 9 heteroatoms. The van der Waals surface area contributed by atoms with Gasteiger partial charge in [0.2, 0.25) is 6.79 Å². The van der Waals surface area contributed by atoms with E-state index in [2.05, 4.69) is 9.97 Å². The molecule has 0 unspecified atom stereocenters. The van der Waals surface area contributed by atoms with Crippen molar-refractivity contribution in [3.05, 3.63) is 54.2 Å². The maximum atomic E-state index is 12.0. The second kappa shape index (κ2) is 8.42. The molecular weight excluding hydrogens is 424 g/mol. The Morgan fingerprint density at radius 3 is 2.55 bits per heavy atom. The minimum atomic E-state index is -0.652. The van der Waals surface area contributed by atoms with E-state index in [0.717, 1.165) is 12.8 Å². The largest absolute Gasteiger partial charge is 0.457 e. The fraction of sp³-hybridized carbons (Fsp3) is 0.250. The number of rotatable bonds is 6. The van der Waals surface area contributed by atoms with Crippen LogP contribution in [-0.2, 0) is 4.79 Å². The fourth-order valence-corrected chi connectivity index (χ4v) is 4.05. The Morgan fingerprint density at radius 1 is 1.03 bits per heavy atom. The van der Waals surface area contributed by atoms with Gasteiger partial charge in [-0.3, -0.25) is 9.59 Å². The van der Waals surface area contributed by atoms with Gasteiger partial charge in [0.05, 0.1) is 6.04 Å². The zero-order chi connectivity index (χ0) is 22.9. The number of amides is 1. The van der Waals surface area contributed by atoms with E-state index in [9.17, 15) is 9.59 Å². The summed E-state index contributed by atoms with van der Waals surface area (Å²) >= 11 is 0. The first kappa shape index (κ1) is 20.7. The molecule has 3 heterocycles. The van der Waals surface area contributed by atoms with E-state index in [1.165, 1.54) is 0 Å². The van der Waals surface area contributed by atoms with E-state index in [0.29, 0.717) is 46.7 Å². The van der Waals surface area contributed by atoms with Crippen LogP contribution in [0.4, 0.5) is 5.82 Å². The SMILES string of the molecule is CC(=O)[C@@H]1CCCN1c1cc(C(N)=O)nc(-c2ccc(Oc3ccc4c(c3)OCO4)cc2)n1. The maximum absolute atomic E-state index is 12.0. The molecule has 1 amide bonds. The number of Topliss-reactive ketones (excluding diaryl/α,β-unsaturated/α-hetero) is 1. The highest BCUT2D eigenvalue weighted by molar-refractivity contribution is 5.92. The molecule has 33 heavy (non-hydrogen) atoms. The van der Waals surface area contributed by atoms with Crippen molar-refractivity contribution in [2.75, 3.05) is 18.2 Å². The summed E-state index contributed by atoms with van der Waals surface area (Å²) in [7, 11) is 0. The monoisotopic (exact) mass is 446 g/mol. The summed E-state index contributed by atoms with van der Waals surface area (Å²) in [5.74, 6) is 2.84. The molecule has 1 atom stereocenters. The molecule has 0 bridgehead atoms. The molecule has 3 aromatic rings. The zero-order valence-electron chi connectivity index (χ0n) is 18.0. The lowest BCUT2D eigenvalue weighted by atomic mass is 10.1. The van der Waals surface area contributed by atoms with Crippen LogP contribution in [0, 0.1) is 0 Å². The van der Waals surface area contributed by atoms with Crippen LogP contribution < -0.4 is 24.8 Å². The van der Waals surface area contributed by atoms with Gasteiger partial charge in [0.1, 0.15) is 23.0 Å². The minimum absolute atomic E-state index is 0.0679. The van der Waals surface area contributed by atoms with E-state index in [4.69, 9.17) is 19.9 Å². The minimum Gasteiger partial charge on any atom is -0.457 e. The van der Waals surface area contributed by atoms with Crippen LogP contribution in [0.1, 0.15) is 30.3 Å². The Morgan fingerprint density at radius 2 is 1.79 bits per heavy atom. The van der Waals surface area contributed by atoms with Crippen LogP contribution in [0.3, 0.4) is 0 Å². The number of carbonyl (C=O) groups excluding carboxylic acids is 2. The average Bonchev–Trinajstić information content (AvgIpc) is 3.49. The van der Waals surface area contributed by atoms with Gasteiger partial charge in [-0.05, 0) is 56.2 Å². The van der Waals surface area contributed by atoms with E-state index in [1.54, 1.807) is 55.5 Å². The number of hydrogen-bond donors (Lipinski definition) is 1. The molecule has 0 radical (unpaired) electrons. The van der Waals surface area contributed by atoms with Crippen molar-refractivity contribution in [2.45, 2.75) is 25.8 Å². The summed E-state index contributed by atoms with van der Waals surface area (Å²) in [6, 6.07) is 13.8. The lowest BCUT2D eigenvalue weighted by molar-refractivity contribution is -0.118. The molecule has 2 aliphatic rings. The Balaban J connectivity index is 1.42. The van der Waals surface area contributed by atoms with Gasteiger partial charge < -0.3 is 24.8 Å². The first-order valence-corrected chi connectivity index (χ1v) is 10.6. The predicted molar refractivity (Wildman–Crippen MR) is 120 cm³/mol. The second-order valence-electron chi connectivity index (χ2n) is 7.90. The third-order valence-corrected chi connectivity index (χ3v) is 5.67. The summed E-state index contributed by atoms with van der Waals surface area (Å²) < 4.78 is 16.6. The molecule has 5 rings (SSSR count). The van der Waals surface area contributed by atoms with Crippen molar-refractivity contribution in [1.82, 2.24) is 9.97 Å². The van der Waals surface area contributed by atoms with Gasteiger partial charge in [0.25, 0.3) is 5.91 Å². The molecule has 1 fully saturated rings. The first-order chi connectivity index (χ1) is 16.0. The summed E-state index contributed by atoms with van der Waals surface area (Å²) in [6.07, 6.45) is 1.63. The summed E-state index contributed by atoms with van der Waals surface area (Å²) in [4.78, 5) is 34.8. The quantitative estimate of drug-likeness (QED) is 0.613. The second-order valence-corrected chi connectivity index (χ2v) is 7.90. The normalized spacial score (nSPS) is 16.6. The highest BCUT2D eigenvalue weighted by Gasteiger charge is 2.30. The molecular formula is C24H22N4O5. The number of nitrogens with two attached hydrogens (primary N) is 1. The third kappa shape index (κ3) is 4.17. The van der Waals surface area contributed by atoms with Crippen LogP contribution in [0.25, 0.3) is 11.4 Å². The number of anilines is 1. The van der Waals surface area contributed by atoms with E-state index >= 15 is 0 Å². The predicted octanol–water partition coefficient (Wildman–Crippen LogP) is 3.32. The molecule has 0 aliphatic carbocycles. The number of carbonyl (C=O) groups is 2. The highest BCUT2D eigenvalue weighted by atomic mass is 16.7. The smallest absolute Gasteiger partial charge is 0.267 e. The van der Waals surface area contributed by atoms with Gasteiger partial charge >= 0.3 is 0 Å². The van der Waals surface area contributed by atoms with Gasteiger partial charge in [-0.15, -0.1) is 0 Å². The van der Waals surface area contributed by atoms with Crippen molar-refractivity contribution in [3.8, 4) is 34.4 Å². The van der Waals surface area contributed by atoms with Crippen molar-refractivity contribution in [2.24, 2.45) is 5.73 Å². The number of ketones is 1. The Hall–Kier alpha value is -4.14. The van der Waals surface area contributed by atoms with Gasteiger partial charge in [-0.1, -0.05) is 0 Å². The summed E-state index contributed by atoms with van der Waals surface area (Å²) in [6.45, 7) is 2.45. The molecule has 1 saturated heterocycles. The van der Waals surface area contributed by atoms with Crippen molar-refractivity contribution < 1.29 is 23.8 Å². The van der Waals surface area contributed by atoms with E-state index < -0.39 is 5.91 Å². The number of ether oxygens (including phenoxy) is 3. The number of benzene rings is 2. The molecule has 1 aromatic heterocycles. The van der Waals surface area contributed by atoms with Crippen LogP contribution in [0.5, 0.6) is 23.0 Å². The first-order valence-electron chi connectivity index (χ1n) is 10.6. The number of fused-ring (bicyclic) bond motifs is 1. The summed E-state index contributed by atoms with van der Waals surface area (Å²) in [5, 5.41) is 0. The van der Waals surface area contributed by atoms with Gasteiger partial charge in [-0.2, -0.15) is 0 Å². The maximum Gasteiger partial charge on any atom is 0.267 e.